The summed E-state index contributed by atoms with van der Waals surface area (Å²) in [5.41, 5.74) is 8.58. The second kappa shape index (κ2) is 14.2. The van der Waals surface area contributed by atoms with E-state index < -0.39 is 42.4 Å². The number of carbonyl (C=O) groups excluding carboxylic acids is 2. The van der Waals surface area contributed by atoms with Crippen LogP contribution in [0.15, 0.2) is 11.1 Å². The molecule has 0 fully saturated rings. The molecule has 0 aromatic heterocycles. The number of rotatable bonds is 14. The Morgan fingerprint density at radius 3 is 2.49 bits per heavy atom. The van der Waals surface area contributed by atoms with Crippen molar-refractivity contribution >= 4 is 41.4 Å². The quantitative estimate of drug-likeness (QED) is 0.168. The molecule has 1 aromatic rings. The normalized spacial score (nSPS) is 14.6. The summed E-state index contributed by atoms with van der Waals surface area (Å²) in [6.07, 6.45) is 0.205. The van der Waals surface area contributed by atoms with Gasteiger partial charge in [-0.05, 0) is 41.0 Å². The van der Waals surface area contributed by atoms with Crippen LogP contribution in [0.5, 0.6) is 5.75 Å². The van der Waals surface area contributed by atoms with Crippen molar-refractivity contribution in [3.63, 3.8) is 0 Å². The van der Waals surface area contributed by atoms with Gasteiger partial charge in [0.25, 0.3) is 0 Å². The lowest BCUT2D eigenvalue weighted by Gasteiger charge is -2.25. The lowest BCUT2D eigenvalue weighted by Crippen LogP contribution is -2.49. The number of phenols is 1. The molecule has 1 heterocycles. The van der Waals surface area contributed by atoms with Crippen LogP contribution in [-0.4, -0.2) is 82.4 Å². The highest BCUT2D eigenvalue weighted by Gasteiger charge is 2.26. The first-order valence-electron chi connectivity index (χ1n) is 12.7. The average Bonchev–Trinajstić information content (AvgIpc) is 3.36. The van der Waals surface area contributed by atoms with Crippen molar-refractivity contribution in [1.29, 1.82) is 0 Å². The Labute approximate surface area is 232 Å². The predicted molar refractivity (Wildman–Crippen MR) is 149 cm³/mol. The minimum atomic E-state index is -1.23. The molecule has 13 heteroatoms. The molecular weight excluding hydrogens is 526 g/mol. The summed E-state index contributed by atoms with van der Waals surface area (Å²) in [5.74, 6) is -2.03. The first kappa shape index (κ1) is 31.9. The topological polar surface area (TPSA) is 203 Å². The second-order valence-electron chi connectivity index (χ2n) is 10.4. The number of hydrogen-bond donors (Lipinski definition) is 7. The standard InChI is InChI=1S/C26H39N5O7S/c1-14-16(10-20-28-7-8-29-20)15(9-17(23(14)35)26(2,3)4)12-39-13-19(24(36)30-11-22(33)34)31-21(32)6-5-18(27)25(37)38/h9,18-19,35H,5-8,10-13,27H2,1-4H3,(H,28,29)(H,30,36)(H,31,32)(H,33,34)(H,37,38)/t18-,19-/m0/s1. The molecule has 0 bridgehead atoms. The largest absolute Gasteiger partial charge is 0.507 e. The number of phenolic OH excluding ortho intramolecular Hbond substituents is 1. The van der Waals surface area contributed by atoms with Gasteiger partial charge in [0, 0.05) is 30.9 Å². The third kappa shape index (κ3) is 9.74. The Morgan fingerprint density at radius 1 is 1.23 bits per heavy atom. The zero-order valence-electron chi connectivity index (χ0n) is 22.8. The lowest BCUT2D eigenvalue weighted by atomic mass is 9.82. The van der Waals surface area contributed by atoms with Crippen molar-refractivity contribution < 1.29 is 34.5 Å². The van der Waals surface area contributed by atoms with E-state index in [2.05, 4.69) is 20.9 Å². The van der Waals surface area contributed by atoms with Crippen molar-refractivity contribution in [2.24, 2.45) is 10.7 Å². The van der Waals surface area contributed by atoms with Crippen LogP contribution in [0.3, 0.4) is 0 Å². The Kier molecular flexibility index (Phi) is 11.6. The number of aliphatic imine (C=N–C) groups is 1. The number of hydrogen-bond acceptors (Lipinski definition) is 9. The fourth-order valence-electron chi connectivity index (χ4n) is 4.03. The van der Waals surface area contributed by atoms with Crippen LogP contribution >= 0.6 is 11.8 Å². The van der Waals surface area contributed by atoms with Gasteiger partial charge in [0.05, 0.1) is 6.54 Å². The van der Waals surface area contributed by atoms with Crippen LogP contribution < -0.4 is 21.7 Å². The molecule has 2 rings (SSSR count). The van der Waals surface area contributed by atoms with E-state index in [0.717, 1.165) is 34.6 Å². The molecule has 2 atom stereocenters. The number of carbonyl (C=O) groups is 4. The highest BCUT2D eigenvalue weighted by atomic mass is 32.2. The molecule has 0 saturated heterocycles. The molecule has 39 heavy (non-hydrogen) atoms. The van der Waals surface area contributed by atoms with Gasteiger partial charge in [0.1, 0.15) is 30.2 Å². The number of nitrogens with one attached hydrogen (secondary N) is 3. The van der Waals surface area contributed by atoms with E-state index in [-0.39, 0.29) is 29.8 Å². The van der Waals surface area contributed by atoms with E-state index in [9.17, 15) is 24.3 Å². The number of carboxylic acid groups (broad SMARTS) is 2. The minimum Gasteiger partial charge on any atom is -0.507 e. The van der Waals surface area contributed by atoms with E-state index >= 15 is 0 Å². The van der Waals surface area contributed by atoms with Crippen LogP contribution in [0.4, 0.5) is 0 Å². The maximum Gasteiger partial charge on any atom is 0.322 e. The monoisotopic (exact) mass is 565 g/mol. The third-order valence-electron chi connectivity index (χ3n) is 6.27. The van der Waals surface area contributed by atoms with Crippen LogP contribution in [0.1, 0.15) is 55.9 Å². The summed E-state index contributed by atoms with van der Waals surface area (Å²) >= 11 is 1.37. The Hall–Kier alpha value is -3.32. The zero-order chi connectivity index (χ0) is 29.3. The van der Waals surface area contributed by atoms with Gasteiger partial charge in [0.15, 0.2) is 0 Å². The molecule has 8 N–H and O–H groups in total. The number of aromatic hydroxyl groups is 1. The summed E-state index contributed by atoms with van der Waals surface area (Å²) in [6.45, 7) is 8.74. The van der Waals surface area contributed by atoms with Gasteiger partial charge in [-0.3, -0.25) is 24.2 Å². The van der Waals surface area contributed by atoms with Crippen molar-refractivity contribution in [3.05, 3.63) is 28.3 Å². The highest BCUT2D eigenvalue weighted by Crippen LogP contribution is 2.38. The van der Waals surface area contributed by atoms with Gasteiger partial charge in [-0.25, -0.2) is 0 Å². The Morgan fingerprint density at radius 2 is 1.92 bits per heavy atom. The van der Waals surface area contributed by atoms with E-state index in [4.69, 9.17) is 15.9 Å². The third-order valence-corrected chi connectivity index (χ3v) is 7.36. The smallest absolute Gasteiger partial charge is 0.322 e. The van der Waals surface area contributed by atoms with E-state index in [0.29, 0.717) is 18.7 Å². The van der Waals surface area contributed by atoms with Crippen LogP contribution in [0.25, 0.3) is 0 Å². The molecule has 0 unspecified atom stereocenters. The Bertz CT molecular complexity index is 1120. The predicted octanol–water partition coefficient (Wildman–Crippen LogP) is 0.653. The summed E-state index contributed by atoms with van der Waals surface area (Å²) in [5, 5.41) is 36.9. The molecule has 1 aliphatic heterocycles. The number of carboxylic acids is 2. The lowest BCUT2D eigenvalue weighted by molar-refractivity contribution is -0.139. The fraction of sp³-hybridized carbons (Fsp3) is 0.577. The van der Waals surface area contributed by atoms with E-state index in [1.807, 2.05) is 33.8 Å². The highest BCUT2D eigenvalue weighted by molar-refractivity contribution is 7.98. The van der Waals surface area contributed by atoms with Gasteiger partial charge in [-0.1, -0.05) is 26.8 Å². The first-order valence-corrected chi connectivity index (χ1v) is 13.8. The number of nitrogens with two attached hydrogens (primary N) is 1. The average molecular weight is 566 g/mol. The number of amides is 2. The molecule has 2 amide bonds. The number of thioether (sulfide) groups is 1. The van der Waals surface area contributed by atoms with Gasteiger partial charge in [-0.15, -0.1) is 0 Å². The van der Waals surface area contributed by atoms with E-state index in [1.54, 1.807) is 0 Å². The fourth-order valence-corrected chi connectivity index (χ4v) is 5.09. The van der Waals surface area contributed by atoms with Gasteiger partial charge in [0.2, 0.25) is 11.8 Å². The SMILES string of the molecule is Cc1c(O)c(C(C)(C)C)cc(CSC[C@H](NC(=O)CC[C@H](N)C(=O)O)C(=O)NCC(=O)O)c1CC1=NCCN1. The maximum absolute atomic E-state index is 12.7. The minimum absolute atomic E-state index is 0.110. The van der Waals surface area contributed by atoms with Crippen LogP contribution in [0, 0.1) is 6.92 Å². The molecule has 12 nitrogen and oxygen atoms in total. The van der Waals surface area contributed by atoms with Gasteiger partial charge < -0.3 is 37.0 Å². The summed E-state index contributed by atoms with van der Waals surface area (Å²) < 4.78 is 0. The molecule has 0 radical (unpaired) electrons. The van der Waals surface area contributed by atoms with Crippen LogP contribution in [0.2, 0.25) is 0 Å². The van der Waals surface area contributed by atoms with Crippen LogP contribution in [-0.2, 0) is 36.8 Å². The summed E-state index contributed by atoms with van der Waals surface area (Å²) in [7, 11) is 0. The van der Waals surface area contributed by atoms with Crippen molar-refractivity contribution in [2.75, 3.05) is 25.4 Å². The van der Waals surface area contributed by atoms with Crippen molar-refractivity contribution in [3.8, 4) is 5.75 Å². The zero-order valence-corrected chi connectivity index (χ0v) is 23.6. The Balaban J connectivity index is 2.22. The first-order chi connectivity index (χ1) is 18.2. The number of amidine groups is 1. The molecule has 1 aliphatic rings. The molecule has 0 spiro atoms. The van der Waals surface area contributed by atoms with E-state index in [1.165, 1.54) is 11.8 Å². The van der Waals surface area contributed by atoms with Gasteiger partial charge in [-0.2, -0.15) is 11.8 Å². The molecule has 216 valence electrons. The summed E-state index contributed by atoms with van der Waals surface area (Å²) in [4.78, 5) is 51.4. The number of nitrogens with zero attached hydrogens (tertiary/aromatic N) is 1. The maximum atomic E-state index is 12.7. The summed E-state index contributed by atoms with van der Waals surface area (Å²) in [6, 6.07) is -0.296. The molecule has 0 aliphatic carbocycles. The number of benzene rings is 1. The molecule has 0 saturated carbocycles. The molecular formula is C26H39N5O7S. The number of aliphatic carboxylic acids is 2. The van der Waals surface area contributed by atoms with Crippen molar-refractivity contribution in [1.82, 2.24) is 16.0 Å². The van der Waals surface area contributed by atoms with Gasteiger partial charge >= 0.3 is 11.9 Å². The molecule has 1 aromatic carbocycles. The van der Waals surface area contributed by atoms with Crippen molar-refractivity contribution in [2.45, 2.75) is 70.2 Å². The second-order valence-corrected chi connectivity index (χ2v) is 11.5.